The van der Waals surface area contributed by atoms with Gasteiger partial charge in [-0.15, -0.1) is 0 Å². The summed E-state index contributed by atoms with van der Waals surface area (Å²) in [4.78, 5) is 28.2. The molecule has 0 saturated carbocycles. The molecule has 7 heteroatoms. The van der Waals surface area contributed by atoms with E-state index in [0.717, 1.165) is 18.5 Å². The average molecular weight is 364 g/mol. The first-order valence-corrected chi connectivity index (χ1v) is 8.94. The van der Waals surface area contributed by atoms with Crippen molar-refractivity contribution in [2.45, 2.75) is 19.8 Å². The second-order valence-electron chi connectivity index (χ2n) is 6.18. The maximum atomic E-state index is 12.6. The standard InChI is InChI=1S/C19H28N2O5/c1-4-26-19(23)14-20-8-5-9-21(11-10-20)18(22)13-15-6-7-16(24-2)17(12-15)25-3/h6-7,12H,4-5,8-11,13-14H2,1-3H3. The number of esters is 1. The Balaban J connectivity index is 1.91. The largest absolute Gasteiger partial charge is 0.493 e. The number of benzene rings is 1. The SMILES string of the molecule is CCOC(=O)CN1CCCN(C(=O)Cc2ccc(OC)c(OC)c2)CC1. The second-order valence-corrected chi connectivity index (χ2v) is 6.18. The minimum absolute atomic E-state index is 0.0789. The molecule has 1 aromatic rings. The summed E-state index contributed by atoms with van der Waals surface area (Å²) in [6.45, 7) is 5.26. The zero-order chi connectivity index (χ0) is 18.9. The van der Waals surface area contributed by atoms with Crippen molar-refractivity contribution in [3.63, 3.8) is 0 Å². The molecule has 0 radical (unpaired) electrons. The molecular weight excluding hydrogens is 336 g/mol. The molecule has 0 atom stereocenters. The van der Waals surface area contributed by atoms with Gasteiger partial charge in [-0.05, 0) is 31.0 Å². The van der Waals surface area contributed by atoms with Crippen LogP contribution in [-0.4, -0.2) is 75.2 Å². The predicted octanol–water partition coefficient (Wildman–Crippen LogP) is 1.34. The van der Waals surface area contributed by atoms with Crippen molar-refractivity contribution >= 4 is 11.9 Å². The van der Waals surface area contributed by atoms with Gasteiger partial charge in [0.1, 0.15) is 0 Å². The zero-order valence-electron chi connectivity index (χ0n) is 15.8. The fraction of sp³-hybridized carbons (Fsp3) is 0.579. The minimum atomic E-state index is -0.211. The van der Waals surface area contributed by atoms with Crippen molar-refractivity contribution in [3.05, 3.63) is 23.8 Å². The molecule has 1 aromatic carbocycles. The van der Waals surface area contributed by atoms with E-state index in [1.54, 1.807) is 21.1 Å². The maximum absolute atomic E-state index is 12.6. The lowest BCUT2D eigenvalue weighted by Gasteiger charge is -2.21. The second kappa shape index (κ2) is 10.0. The van der Waals surface area contributed by atoms with Crippen molar-refractivity contribution in [2.75, 3.05) is 53.6 Å². The number of carbonyl (C=O) groups is 2. The lowest BCUT2D eigenvalue weighted by molar-refractivity contribution is -0.144. The molecule has 1 fully saturated rings. The van der Waals surface area contributed by atoms with Crippen LogP contribution in [0.4, 0.5) is 0 Å². The van der Waals surface area contributed by atoms with Crippen molar-refractivity contribution in [3.8, 4) is 11.5 Å². The van der Waals surface area contributed by atoms with Crippen LogP contribution in [0, 0.1) is 0 Å². The Kier molecular flexibility index (Phi) is 7.72. The molecule has 1 saturated heterocycles. The quantitative estimate of drug-likeness (QED) is 0.680. The summed E-state index contributed by atoms with van der Waals surface area (Å²) in [7, 11) is 3.17. The van der Waals surface area contributed by atoms with E-state index in [1.165, 1.54) is 0 Å². The van der Waals surface area contributed by atoms with Crippen LogP contribution >= 0.6 is 0 Å². The van der Waals surface area contributed by atoms with Gasteiger partial charge in [0.15, 0.2) is 11.5 Å². The molecule has 7 nitrogen and oxygen atoms in total. The van der Waals surface area contributed by atoms with Gasteiger partial charge in [-0.3, -0.25) is 14.5 Å². The van der Waals surface area contributed by atoms with Gasteiger partial charge in [0, 0.05) is 26.2 Å². The van der Waals surface area contributed by atoms with E-state index < -0.39 is 0 Å². The number of methoxy groups -OCH3 is 2. The summed E-state index contributed by atoms with van der Waals surface area (Å²) in [5, 5.41) is 0. The molecule has 1 heterocycles. The Labute approximate surface area is 154 Å². The third kappa shape index (κ3) is 5.62. The van der Waals surface area contributed by atoms with Crippen molar-refractivity contribution < 1.29 is 23.8 Å². The van der Waals surface area contributed by atoms with Crippen LogP contribution in [-0.2, 0) is 20.7 Å². The Morgan fingerprint density at radius 1 is 1.04 bits per heavy atom. The molecule has 0 spiro atoms. The van der Waals surface area contributed by atoms with Gasteiger partial charge >= 0.3 is 5.97 Å². The first kappa shape index (κ1) is 20.0. The Hall–Kier alpha value is -2.28. The Bertz CT molecular complexity index is 620. The maximum Gasteiger partial charge on any atom is 0.320 e. The van der Waals surface area contributed by atoms with Crippen molar-refractivity contribution in [2.24, 2.45) is 0 Å². The highest BCUT2D eigenvalue weighted by Gasteiger charge is 2.21. The number of hydrogen-bond acceptors (Lipinski definition) is 6. The molecule has 1 amide bonds. The van der Waals surface area contributed by atoms with Gasteiger partial charge < -0.3 is 19.1 Å². The lowest BCUT2D eigenvalue weighted by atomic mass is 10.1. The number of ether oxygens (including phenoxy) is 3. The van der Waals surface area contributed by atoms with Crippen molar-refractivity contribution in [1.82, 2.24) is 9.80 Å². The van der Waals surface area contributed by atoms with Crippen LogP contribution < -0.4 is 9.47 Å². The molecule has 144 valence electrons. The molecular formula is C19H28N2O5. The number of amides is 1. The smallest absolute Gasteiger partial charge is 0.320 e. The monoisotopic (exact) mass is 364 g/mol. The first-order chi connectivity index (χ1) is 12.6. The van der Waals surface area contributed by atoms with E-state index in [-0.39, 0.29) is 18.4 Å². The Morgan fingerprint density at radius 3 is 2.50 bits per heavy atom. The number of carbonyl (C=O) groups excluding carboxylic acids is 2. The van der Waals surface area contributed by atoms with Crippen LogP contribution in [0.25, 0.3) is 0 Å². The highest BCUT2D eigenvalue weighted by Crippen LogP contribution is 2.27. The van der Waals surface area contributed by atoms with Crippen LogP contribution in [0.3, 0.4) is 0 Å². The number of rotatable bonds is 7. The van der Waals surface area contributed by atoms with E-state index in [9.17, 15) is 9.59 Å². The highest BCUT2D eigenvalue weighted by molar-refractivity contribution is 5.79. The van der Waals surface area contributed by atoms with Crippen LogP contribution in [0.1, 0.15) is 18.9 Å². The van der Waals surface area contributed by atoms with Crippen molar-refractivity contribution in [1.29, 1.82) is 0 Å². The average Bonchev–Trinajstić information content (AvgIpc) is 2.87. The van der Waals surface area contributed by atoms with E-state index in [1.807, 2.05) is 28.0 Å². The fourth-order valence-corrected chi connectivity index (χ4v) is 3.04. The van der Waals surface area contributed by atoms with Gasteiger partial charge in [0.2, 0.25) is 5.91 Å². The van der Waals surface area contributed by atoms with E-state index in [4.69, 9.17) is 14.2 Å². The normalized spacial score (nSPS) is 15.3. The third-order valence-electron chi connectivity index (χ3n) is 4.40. The summed E-state index contributed by atoms with van der Waals surface area (Å²) in [6.07, 6.45) is 1.16. The predicted molar refractivity (Wildman–Crippen MR) is 97.5 cm³/mol. The van der Waals surface area contributed by atoms with Crippen LogP contribution in [0.2, 0.25) is 0 Å². The molecule has 0 aromatic heterocycles. The topological polar surface area (TPSA) is 68.3 Å². The van der Waals surface area contributed by atoms with E-state index >= 15 is 0 Å². The molecule has 1 aliphatic heterocycles. The van der Waals surface area contributed by atoms with Gasteiger partial charge in [0.05, 0.1) is 33.8 Å². The zero-order valence-corrected chi connectivity index (χ0v) is 15.8. The van der Waals surface area contributed by atoms with Gasteiger partial charge in [0.25, 0.3) is 0 Å². The van der Waals surface area contributed by atoms with Gasteiger partial charge in [-0.25, -0.2) is 0 Å². The fourth-order valence-electron chi connectivity index (χ4n) is 3.04. The first-order valence-electron chi connectivity index (χ1n) is 8.94. The highest BCUT2D eigenvalue weighted by atomic mass is 16.5. The molecule has 0 bridgehead atoms. The summed E-state index contributed by atoms with van der Waals surface area (Å²) in [5.74, 6) is 1.13. The molecule has 0 aliphatic carbocycles. The lowest BCUT2D eigenvalue weighted by Crippen LogP contribution is -2.37. The molecule has 26 heavy (non-hydrogen) atoms. The number of hydrogen-bond donors (Lipinski definition) is 0. The van der Waals surface area contributed by atoms with E-state index in [2.05, 4.69) is 0 Å². The molecule has 0 unspecified atom stereocenters. The summed E-state index contributed by atoms with van der Waals surface area (Å²) in [5.41, 5.74) is 0.889. The van der Waals surface area contributed by atoms with Crippen LogP contribution in [0.5, 0.6) is 11.5 Å². The summed E-state index contributed by atoms with van der Waals surface area (Å²) in [6, 6.07) is 5.52. The number of nitrogens with zero attached hydrogens (tertiary/aromatic N) is 2. The Morgan fingerprint density at radius 2 is 1.81 bits per heavy atom. The van der Waals surface area contributed by atoms with Gasteiger partial charge in [-0.1, -0.05) is 6.07 Å². The van der Waals surface area contributed by atoms with E-state index in [0.29, 0.717) is 44.2 Å². The van der Waals surface area contributed by atoms with Crippen LogP contribution in [0.15, 0.2) is 18.2 Å². The third-order valence-corrected chi connectivity index (χ3v) is 4.40. The van der Waals surface area contributed by atoms with Gasteiger partial charge in [-0.2, -0.15) is 0 Å². The minimum Gasteiger partial charge on any atom is -0.493 e. The molecule has 2 rings (SSSR count). The summed E-state index contributed by atoms with van der Waals surface area (Å²) >= 11 is 0. The molecule has 0 N–H and O–H groups in total. The molecule has 1 aliphatic rings. The summed E-state index contributed by atoms with van der Waals surface area (Å²) < 4.78 is 15.5.